The molecule has 5 heteroatoms. The highest BCUT2D eigenvalue weighted by molar-refractivity contribution is 9.09. The van der Waals surface area contributed by atoms with Crippen LogP contribution in [0, 0.1) is 0 Å². The van der Waals surface area contributed by atoms with Crippen molar-refractivity contribution < 1.29 is 4.79 Å². The van der Waals surface area contributed by atoms with E-state index in [1.807, 2.05) is 6.07 Å². The predicted molar refractivity (Wildman–Crippen MR) is 69.2 cm³/mol. The maximum Gasteiger partial charge on any atom is 0.224 e. The zero-order valence-electron chi connectivity index (χ0n) is 8.42. The van der Waals surface area contributed by atoms with Crippen LogP contribution in [0.4, 0.5) is 0 Å². The fourth-order valence-electron chi connectivity index (χ4n) is 1.73. The lowest BCUT2D eigenvalue weighted by molar-refractivity contribution is -0.128. The number of halogens is 3. The molecule has 1 atom stereocenters. The molecule has 0 spiro atoms. The third-order valence-electron chi connectivity index (χ3n) is 2.54. The second kappa shape index (κ2) is 4.94. The highest BCUT2D eigenvalue weighted by Crippen LogP contribution is 2.25. The van der Waals surface area contributed by atoms with Crippen molar-refractivity contribution in [2.45, 2.75) is 17.8 Å². The van der Waals surface area contributed by atoms with E-state index in [4.69, 9.17) is 23.2 Å². The van der Waals surface area contributed by atoms with E-state index < -0.39 is 0 Å². The summed E-state index contributed by atoms with van der Waals surface area (Å²) in [7, 11) is 0. The molecule has 1 aromatic carbocycles. The average molecular weight is 323 g/mol. The van der Waals surface area contributed by atoms with Gasteiger partial charge in [-0.15, -0.1) is 0 Å². The van der Waals surface area contributed by atoms with Gasteiger partial charge >= 0.3 is 0 Å². The Balaban J connectivity index is 2.12. The van der Waals surface area contributed by atoms with Gasteiger partial charge in [0.25, 0.3) is 0 Å². The molecule has 1 heterocycles. The van der Waals surface area contributed by atoms with Crippen LogP contribution >= 0.6 is 39.1 Å². The fraction of sp³-hybridized carbons (Fsp3) is 0.364. The van der Waals surface area contributed by atoms with Gasteiger partial charge in [-0.05, 0) is 17.7 Å². The van der Waals surface area contributed by atoms with Crippen molar-refractivity contribution >= 4 is 45.0 Å². The summed E-state index contributed by atoms with van der Waals surface area (Å²) in [4.78, 5) is 13.6. The number of carbonyl (C=O) groups is 1. The maximum atomic E-state index is 11.6. The Kier molecular flexibility index (Phi) is 3.77. The molecule has 0 bridgehead atoms. The van der Waals surface area contributed by atoms with Crippen molar-refractivity contribution in [2.75, 3.05) is 6.54 Å². The number of likely N-dealkylation sites (tertiary alicyclic amines) is 1. The van der Waals surface area contributed by atoms with Crippen molar-refractivity contribution in [1.82, 2.24) is 4.90 Å². The minimum atomic E-state index is 0.160. The summed E-state index contributed by atoms with van der Waals surface area (Å²) >= 11 is 15.3. The second-order valence-corrected chi connectivity index (χ2v) is 5.95. The number of carbonyl (C=O) groups excluding carboxylic acids is 1. The van der Waals surface area contributed by atoms with Crippen molar-refractivity contribution in [3.63, 3.8) is 0 Å². The van der Waals surface area contributed by atoms with Crippen molar-refractivity contribution in [3.8, 4) is 0 Å². The van der Waals surface area contributed by atoms with E-state index in [1.165, 1.54) is 0 Å². The minimum absolute atomic E-state index is 0.160. The SMILES string of the molecule is O=C1CC(Br)CN1Cc1ccc(Cl)cc1Cl. The van der Waals surface area contributed by atoms with E-state index in [9.17, 15) is 4.79 Å². The fourth-order valence-corrected chi connectivity index (χ4v) is 2.83. The molecule has 86 valence electrons. The van der Waals surface area contributed by atoms with Crippen LogP contribution < -0.4 is 0 Å². The van der Waals surface area contributed by atoms with Gasteiger partial charge in [-0.25, -0.2) is 0 Å². The highest BCUT2D eigenvalue weighted by Gasteiger charge is 2.27. The molecule has 0 aliphatic carbocycles. The predicted octanol–water partition coefficient (Wildman–Crippen LogP) is 3.49. The maximum absolute atomic E-state index is 11.6. The monoisotopic (exact) mass is 321 g/mol. The third kappa shape index (κ3) is 2.70. The van der Waals surface area contributed by atoms with Crippen LogP contribution in [0.5, 0.6) is 0 Å². The normalized spacial score (nSPS) is 20.6. The molecule has 1 fully saturated rings. The van der Waals surface area contributed by atoms with Gasteiger partial charge in [0.1, 0.15) is 0 Å². The van der Waals surface area contributed by atoms with Gasteiger partial charge < -0.3 is 4.90 Å². The van der Waals surface area contributed by atoms with Gasteiger partial charge in [0.05, 0.1) is 0 Å². The summed E-state index contributed by atoms with van der Waals surface area (Å²) in [6, 6.07) is 5.35. The van der Waals surface area contributed by atoms with Crippen LogP contribution in [-0.2, 0) is 11.3 Å². The van der Waals surface area contributed by atoms with Crippen molar-refractivity contribution in [3.05, 3.63) is 33.8 Å². The van der Waals surface area contributed by atoms with Crippen LogP contribution in [0.2, 0.25) is 10.0 Å². The molecule has 1 saturated heterocycles. The van der Waals surface area contributed by atoms with Crippen LogP contribution in [0.15, 0.2) is 18.2 Å². The Morgan fingerprint density at radius 1 is 1.44 bits per heavy atom. The van der Waals surface area contributed by atoms with Crippen molar-refractivity contribution in [1.29, 1.82) is 0 Å². The molecule has 0 saturated carbocycles. The molecule has 0 radical (unpaired) electrons. The zero-order valence-corrected chi connectivity index (χ0v) is 11.5. The molecule has 1 aliphatic rings. The first-order valence-corrected chi connectivity index (χ1v) is 6.59. The number of benzene rings is 1. The Hall–Kier alpha value is -0.250. The number of hydrogen-bond acceptors (Lipinski definition) is 1. The van der Waals surface area contributed by atoms with Gasteiger partial charge in [-0.1, -0.05) is 45.2 Å². The molecule has 1 aliphatic heterocycles. The second-order valence-electron chi connectivity index (χ2n) is 3.81. The molecule has 16 heavy (non-hydrogen) atoms. The Labute approximate surface area is 113 Å². The summed E-state index contributed by atoms with van der Waals surface area (Å²) in [6.45, 7) is 1.29. The third-order valence-corrected chi connectivity index (χ3v) is 3.74. The number of alkyl halides is 1. The number of rotatable bonds is 2. The minimum Gasteiger partial charge on any atom is -0.337 e. The number of nitrogens with zero attached hydrogens (tertiary/aromatic N) is 1. The van der Waals surface area contributed by atoms with Gasteiger partial charge in [-0.3, -0.25) is 4.79 Å². The molecule has 2 rings (SSSR count). The summed E-state index contributed by atoms with van der Waals surface area (Å²) in [6.07, 6.45) is 0.561. The van der Waals surface area contributed by atoms with Crippen molar-refractivity contribution in [2.24, 2.45) is 0 Å². The summed E-state index contributed by atoms with van der Waals surface area (Å²) in [5, 5.41) is 1.22. The molecular formula is C11H10BrCl2NO. The van der Waals surface area contributed by atoms with E-state index >= 15 is 0 Å². The first-order valence-electron chi connectivity index (χ1n) is 4.92. The van der Waals surface area contributed by atoms with E-state index in [2.05, 4.69) is 15.9 Å². The van der Waals surface area contributed by atoms with Crippen LogP contribution in [0.25, 0.3) is 0 Å². The van der Waals surface area contributed by atoms with Gasteiger partial charge in [0.2, 0.25) is 5.91 Å². The molecule has 2 nitrogen and oxygen atoms in total. The Morgan fingerprint density at radius 3 is 2.75 bits per heavy atom. The van der Waals surface area contributed by atoms with Crippen LogP contribution in [-0.4, -0.2) is 22.2 Å². The lowest BCUT2D eigenvalue weighted by atomic mass is 10.2. The first-order chi connectivity index (χ1) is 7.56. The first kappa shape index (κ1) is 12.2. The standard InChI is InChI=1S/C11H10BrCl2NO/c12-8-3-11(16)15(6-8)5-7-1-2-9(13)4-10(7)14/h1-2,4,8H,3,5-6H2. The molecule has 1 unspecified atom stereocenters. The van der Waals surface area contributed by atoms with Gasteiger partial charge in [-0.2, -0.15) is 0 Å². The molecule has 0 aromatic heterocycles. The summed E-state index contributed by atoms with van der Waals surface area (Å²) < 4.78 is 0. The van der Waals surface area contributed by atoms with E-state index in [0.717, 1.165) is 12.1 Å². The van der Waals surface area contributed by atoms with Gasteiger partial charge in [0, 0.05) is 34.4 Å². The number of hydrogen-bond donors (Lipinski definition) is 0. The largest absolute Gasteiger partial charge is 0.337 e. The lowest BCUT2D eigenvalue weighted by Crippen LogP contribution is -2.24. The quantitative estimate of drug-likeness (QED) is 0.763. The molecule has 1 amide bonds. The Morgan fingerprint density at radius 2 is 2.19 bits per heavy atom. The highest BCUT2D eigenvalue weighted by atomic mass is 79.9. The van der Waals surface area contributed by atoms with Crippen LogP contribution in [0.1, 0.15) is 12.0 Å². The van der Waals surface area contributed by atoms with E-state index in [-0.39, 0.29) is 10.7 Å². The van der Waals surface area contributed by atoms with Gasteiger partial charge in [0.15, 0.2) is 0 Å². The lowest BCUT2D eigenvalue weighted by Gasteiger charge is -2.16. The van der Waals surface area contributed by atoms with Crippen LogP contribution in [0.3, 0.4) is 0 Å². The average Bonchev–Trinajstić information content (AvgIpc) is 2.50. The topological polar surface area (TPSA) is 20.3 Å². The molecule has 1 aromatic rings. The summed E-state index contributed by atoms with van der Waals surface area (Å²) in [5.41, 5.74) is 0.931. The summed E-state index contributed by atoms with van der Waals surface area (Å²) in [5.74, 6) is 0.160. The number of amides is 1. The van der Waals surface area contributed by atoms with E-state index in [0.29, 0.717) is 23.0 Å². The zero-order chi connectivity index (χ0) is 11.7. The smallest absolute Gasteiger partial charge is 0.224 e. The Bertz CT molecular complexity index is 424. The molecular weight excluding hydrogens is 313 g/mol. The van der Waals surface area contributed by atoms with E-state index in [1.54, 1.807) is 17.0 Å². The molecule has 0 N–H and O–H groups in total.